The lowest BCUT2D eigenvalue weighted by atomic mass is 10.00. The van der Waals surface area contributed by atoms with Crippen molar-refractivity contribution in [3.63, 3.8) is 0 Å². The Morgan fingerprint density at radius 1 is 0.315 bits per heavy atom. The van der Waals surface area contributed by atoms with E-state index in [2.05, 4.69) is 217 Å². The Hall–Kier alpha value is -6.90. The summed E-state index contributed by atoms with van der Waals surface area (Å²) in [6.07, 6.45) is 4.40. The average Bonchev–Trinajstić information content (AvgIpc) is 3.73. The molecule has 54 heavy (non-hydrogen) atoms. The molecule has 256 valence electrons. The highest BCUT2D eigenvalue weighted by molar-refractivity contribution is 6.11. The van der Waals surface area contributed by atoms with Gasteiger partial charge in [0, 0.05) is 32.9 Å². The van der Waals surface area contributed by atoms with Crippen LogP contribution >= 0.6 is 0 Å². The van der Waals surface area contributed by atoms with Gasteiger partial charge in [0.25, 0.3) is 0 Å². The Labute approximate surface area is 315 Å². The average molecular weight is 691 g/mol. The number of rotatable bonds is 6. The standard InChI is InChI=1S/C52H38N2/c1-35-30-36(2)32-44(31-35)54-50-15-9-7-13-46(50)48-34-42(27-29-52(48)54)40-24-20-38(21-25-40)17-16-37-18-22-39(23-19-37)41-26-28-51-47(33-41)45-12-6-8-14-49(45)53(51)43-10-4-3-5-11-43/h3-34H,1-2H3/b17-16+. The lowest BCUT2D eigenvalue weighted by Crippen LogP contribution is -1.95. The molecule has 0 atom stereocenters. The van der Waals surface area contributed by atoms with Crippen LogP contribution in [0.1, 0.15) is 22.3 Å². The second-order valence-electron chi connectivity index (χ2n) is 14.4. The van der Waals surface area contributed by atoms with Gasteiger partial charge in [0.05, 0.1) is 22.1 Å². The predicted molar refractivity (Wildman–Crippen MR) is 231 cm³/mol. The highest BCUT2D eigenvalue weighted by Gasteiger charge is 2.15. The molecule has 2 nitrogen and oxygen atoms in total. The number of benzene rings is 8. The maximum Gasteiger partial charge on any atom is 0.0541 e. The monoisotopic (exact) mass is 690 g/mol. The molecule has 0 fully saturated rings. The van der Waals surface area contributed by atoms with Crippen molar-refractivity contribution < 1.29 is 0 Å². The highest BCUT2D eigenvalue weighted by Crippen LogP contribution is 2.37. The molecular formula is C52H38N2. The molecule has 0 amide bonds. The second kappa shape index (κ2) is 12.9. The van der Waals surface area contributed by atoms with Crippen molar-refractivity contribution >= 4 is 55.8 Å². The first-order valence-corrected chi connectivity index (χ1v) is 18.7. The lowest BCUT2D eigenvalue weighted by molar-refractivity contribution is 1.16. The summed E-state index contributed by atoms with van der Waals surface area (Å²) in [5, 5.41) is 5.08. The van der Waals surface area contributed by atoms with Crippen LogP contribution in [0.2, 0.25) is 0 Å². The molecule has 0 aliphatic carbocycles. The van der Waals surface area contributed by atoms with E-state index in [0.29, 0.717) is 0 Å². The van der Waals surface area contributed by atoms with E-state index < -0.39 is 0 Å². The molecule has 8 aromatic carbocycles. The summed E-state index contributed by atoms with van der Waals surface area (Å²) in [4.78, 5) is 0. The van der Waals surface area contributed by atoms with Gasteiger partial charge in [-0.15, -0.1) is 0 Å². The van der Waals surface area contributed by atoms with Gasteiger partial charge < -0.3 is 9.13 Å². The second-order valence-corrected chi connectivity index (χ2v) is 14.4. The van der Waals surface area contributed by atoms with Crippen LogP contribution in [0.4, 0.5) is 0 Å². The third-order valence-electron chi connectivity index (χ3n) is 10.8. The third-order valence-corrected chi connectivity index (χ3v) is 10.8. The van der Waals surface area contributed by atoms with E-state index in [0.717, 1.165) is 0 Å². The van der Waals surface area contributed by atoms with Crippen molar-refractivity contribution in [3.05, 3.63) is 204 Å². The molecule has 2 heterocycles. The summed E-state index contributed by atoms with van der Waals surface area (Å²) in [5.41, 5.74) is 17.1. The number of aryl methyl sites for hydroxylation is 2. The minimum absolute atomic E-state index is 1.18. The van der Waals surface area contributed by atoms with Gasteiger partial charge in [0.15, 0.2) is 0 Å². The molecule has 2 aromatic heterocycles. The zero-order valence-corrected chi connectivity index (χ0v) is 30.4. The van der Waals surface area contributed by atoms with E-state index >= 15 is 0 Å². The number of hydrogen-bond acceptors (Lipinski definition) is 0. The molecule has 0 saturated heterocycles. The quantitative estimate of drug-likeness (QED) is 0.154. The number of para-hydroxylation sites is 3. The molecule has 0 aliphatic rings. The normalized spacial score (nSPS) is 11.8. The van der Waals surface area contributed by atoms with Gasteiger partial charge in [-0.25, -0.2) is 0 Å². The minimum Gasteiger partial charge on any atom is -0.309 e. The summed E-state index contributed by atoms with van der Waals surface area (Å²) >= 11 is 0. The van der Waals surface area contributed by atoms with E-state index in [4.69, 9.17) is 0 Å². The molecule has 0 aliphatic heterocycles. The molecule has 10 aromatic rings. The molecule has 0 radical (unpaired) electrons. The van der Waals surface area contributed by atoms with Crippen LogP contribution in [0, 0.1) is 13.8 Å². The highest BCUT2D eigenvalue weighted by atomic mass is 15.0. The smallest absolute Gasteiger partial charge is 0.0541 e. The van der Waals surface area contributed by atoms with Gasteiger partial charge in [-0.05, 0) is 119 Å². The first-order chi connectivity index (χ1) is 26.6. The minimum atomic E-state index is 1.18. The van der Waals surface area contributed by atoms with Gasteiger partial charge in [-0.1, -0.05) is 133 Å². The summed E-state index contributed by atoms with van der Waals surface area (Å²) in [7, 11) is 0. The van der Waals surface area contributed by atoms with Gasteiger partial charge >= 0.3 is 0 Å². The fourth-order valence-electron chi connectivity index (χ4n) is 8.28. The fourth-order valence-corrected chi connectivity index (χ4v) is 8.28. The van der Waals surface area contributed by atoms with Crippen LogP contribution in [-0.2, 0) is 0 Å². The van der Waals surface area contributed by atoms with E-state index in [1.54, 1.807) is 0 Å². The van der Waals surface area contributed by atoms with Gasteiger partial charge in [0.2, 0.25) is 0 Å². The van der Waals surface area contributed by atoms with Crippen LogP contribution in [0.25, 0.3) is 89.4 Å². The zero-order chi connectivity index (χ0) is 36.2. The first kappa shape index (κ1) is 31.8. The molecule has 0 unspecified atom stereocenters. The Balaban J connectivity index is 0.907. The van der Waals surface area contributed by atoms with Crippen LogP contribution in [0.15, 0.2) is 182 Å². The summed E-state index contributed by atoms with van der Waals surface area (Å²) < 4.78 is 4.76. The van der Waals surface area contributed by atoms with Gasteiger partial charge in [-0.2, -0.15) is 0 Å². The molecule has 0 N–H and O–H groups in total. The zero-order valence-electron chi connectivity index (χ0n) is 30.4. The number of fused-ring (bicyclic) bond motifs is 6. The Morgan fingerprint density at radius 2 is 0.722 bits per heavy atom. The SMILES string of the molecule is Cc1cc(C)cc(-n2c3ccccc3c3cc(-c4ccc(/C=C/c5ccc(-c6ccc7c(c6)c6ccccc6n7-c6ccccc6)cc5)cc4)ccc32)c1. The molecule has 10 rings (SSSR count). The maximum atomic E-state index is 2.40. The van der Waals surface area contributed by atoms with Gasteiger partial charge in [-0.3, -0.25) is 0 Å². The number of hydrogen-bond donors (Lipinski definition) is 0. The summed E-state index contributed by atoms with van der Waals surface area (Å²) in [6.45, 7) is 4.35. The number of aromatic nitrogens is 2. The Morgan fingerprint density at radius 3 is 1.22 bits per heavy atom. The molecular weight excluding hydrogens is 653 g/mol. The molecule has 0 saturated carbocycles. The Kier molecular flexibility index (Phi) is 7.63. The lowest BCUT2D eigenvalue weighted by Gasteiger charge is -2.10. The third kappa shape index (κ3) is 5.52. The Bertz CT molecular complexity index is 3010. The first-order valence-electron chi connectivity index (χ1n) is 18.7. The maximum absolute atomic E-state index is 2.40. The molecule has 0 spiro atoms. The number of nitrogens with zero attached hydrogens (tertiary/aromatic N) is 2. The fraction of sp³-hybridized carbons (Fsp3) is 0.0385. The molecule has 2 heteroatoms. The van der Waals surface area contributed by atoms with Crippen LogP contribution in [0.3, 0.4) is 0 Å². The van der Waals surface area contributed by atoms with E-state index in [1.807, 2.05) is 0 Å². The van der Waals surface area contributed by atoms with Crippen molar-refractivity contribution in [1.29, 1.82) is 0 Å². The summed E-state index contributed by atoms with van der Waals surface area (Å²) in [5.74, 6) is 0. The topological polar surface area (TPSA) is 9.86 Å². The van der Waals surface area contributed by atoms with Crippen molar-refractivity contribution in [1.82, 2.24) is 9.13 Å². The van der Waals surface area contributed by atoms with E-state index in [1.165, 1.54) is 99.5 Å². The van der Waals surface area contributed by atoms with E-state index in [9.17, 15) is 0 Å². The van der Waals surface area contributed by atoms with Crippen LogP contribution in [0.5, 0.6) is 0 Å². The largest absolute Gasteiger partial charge is 0.309 e. The van der Waals surface area contributed by atoms with Crippen LogP contribution < -0.4 is 0 Å². The summed E-state index contributed by atoms with van der Waals surface area (Å²) in [6, 6.07) is 66.3. The van der Waals surface area contributed by atoms with Crippen molar-refractivity contribution in [2.45, 2.75) is 13.8 Å². The predicted octanol–water partition coefficient (Wildman–Crippen LogP) is 14.0. The van der Waals surface area contributed by atoms with Gasteiger partial charge in [0.1, 0.15) is 0 Å². The van der Waals surface area contributed by atoms with Crippen molar-refractivity contribution in [2.24, 2.45) is 0 Å². The van der Waals surface area contributed by atoms with E-state index in [-0.39, 0.29) is 0 Å². The van der Waals surface area contributed by atoms with Crippen molar-refractivity contribution in [2.75, 3.05) is 0 Å². The van der Waals surface area contributed by atoms with Crippen molar-refractivity contribution in [3.8, 4) is 33.6 Å². The molecule has 0 bridgehead atoms. The van der Waals surface area contributed by atoms with Crippen LogP contribution in [-0.4, -0.2) is 9.13 Å².